The molecule has 0 N–H and O–H groups in total. The van der Waals surface area contributed by atoms with E-state index in [0.717, 1.165) is 11.1 Å². The summed E-state index contributed by atoms with van der Waals surface area (Å²) in [6, 6.07) is 4.70. The molecule has 2 atom stereocenters. The van der Waals surface area contributed by atoms with Gasteiger partial charge in [0.05, 0.1) is 12.5 Å². The largest absolute Gasteiger partial charge is 0.464 e. The van der Waals surface area contributed by atoms with Crippen LogP contribution in [0.25, 0.3) is 0 Å². The van der Waals surface area contributed by atoms with E-state index in [-0.39, 0.29) is 24.7 Å². The second-order valence-electron chi connectivity index (χ2n) is 5.65. The van der Waals surface area contributed by atoms with Crippen LogP contribution < -0.4 is 4.90 Å². The number of aryl methyl sites for hydroxylation is 2. The zero-order chi connectivity index (χ0) is 16.4. The van der Waals surface area contributed by atoms with E-state index in [9.17, 15) is 14.4 Å². The molecule has 1 aliphatic rings. The first-order valence-corrected chi connectivity index (χ1v) is 7.43. The van der Waals surface area contributed by atoms with Crippen molar-refractivity contribution in [3.8, 4) is 0 Å². The summed E-state index contributed by atoms with van der Waals surface area (Å²) in [5.74, 6) is -1.56. The van der Waals surface area contributed by atoms with Gasteiger partial charge >= 0.3 is 5.97 Å². The Hall–Kier alpha value is -2.17. The fourth-order valence-corrected chi connectivity index (χ4v) is 2.78. The molecule has 5 heteroatoms. The summed E-state index contributed by atoms with van der Waals surface area (Å²) in [4.78, 5) is 37.9. The minimum Gasteiger partial charge on any atom is -0.464 e. The Labute approximate surface area is 130 Å². The van der Waals surface area contributed by atoms with Crippen molar-refractivity contribution in [3.05, 3.63) is 29.3 Å². The van der Waals surface area contributed by atoms with Gasteiger partial charge in [0.2, 0.25) is 5.91 Å². The number of carbonyl (C=O) groups excluding carboxylic acids is 3. The van der Waals surface area contributed by atoms with Crippen molar-refractivity contribution in [2.24, 2.45) is 5.92 Å². The number of carbonyl (C=O) groups is 3. The molecule has 2 unspecified atom stereocenters. The average molecular weight is 303 g/mol. The van der Waals surface area contributed by atoms with E-state index in [1.807, 2.05) is 26.0 Å². The predicted molar refractivity (Wildman–Crippen MR) is 82.6 cm³/mol. The van der Waals surface area contributed by atoms with E-state index in [0.29, 0.717) is 5.69 Å². The van der Waals surface area contributed by atoms with Gasteiger partial charge in [-0.05, 0) is 51.0 Å². The fourth-order valence-electron chi connectivity index (χ4n) is 2.78. The second-order valence-corrected chi connectivity index (χ2v) is 5.65. The van der Waals surface area contributed by atoms with E-state index >= 15 is 0 Å². The second kappa shape index (κ2) is 6.30. The number of Topliss-reactive ketones (excluding diaryl/α,β-unsaturated/α-hetero) is 1. The van der Waals surface area contributed by atoms with E-state index < -0.39 is 17.9 Å². The molecule has 1 aliphatic heterocycles. The van der Waals surface area contributed by atoms with Crippen LogP contribution in [-0.4, -0.2) is 30.3 Å². The molecule has 1 saturated heterocycles. The Kier molecular flexibility index (Phi) is 4.64. The highest BCUT2D eigenvalue weighted by Crippen LogP contribution is 2.33. The maximum absolute atomic E-state index is 12.4. The van der Waals surface area contributed by atoms with Crippen molar-refractivity contribution < 1.29 is 19.1 Å². The van der Waals surface area contributed by atoms with Gasteiger partial charge in [-0.15, -0.1) is 0 Å². The van der Waals surface area contributed by atoms with Crippen LogP contribution in [0.2, 0.25) is 0 Å². The van der Waals surface area contributed by atoms with Crippen molar-refractivity contribution in [2.75, 3.05) is 11.5 Å². The highest BCUT2D eigenvalue weighted by molar-refractivity contribution is 6.07. The topological polar surface area (TPSA) is 63.7 Å². The average Bonchev–Trinajstić information content (AvgIpc) is 2.80. The molecule has 118 valence electrons. The van der Waals surface area contributed by atoms with Gasteiger partial charge in [0.15, 0.2) is 0 Å². The first-order chi connectivity index (χ1) is 10.4. The molecule has 0 aromatic heterocycles. The molecule has 1 aromatic rings. The van der Waals surface area contributed by atoms with Gasteiger partial charge in [0.1, 0.15) is 11.8 Å². The van der Waals surface area contributed by atoms with Crippen LogP contribution in [0.1, 0.15) is 31.4 Å². The maximum atomic E-state index is 12.4. The minimum absolute atomic E-state index is 0.0474. The van der Waals surface area contributed by atoms with Crippen LogP contribution in [0.3, 0.4) is 0 Å². The summed E-state index contributed by atoms with van der Waals surface area (Å²) in [6.07, 6.45) is 0.0474. The van der Waals surface area contributed by atoms with E-state index in [4.69, 9.17) is 4.74 Å². The van der Waals surface area contributed by atoms with Crippen LogP contribution >= 0.6 is 0 Å². The lowest BCUT2D eigenvalue weighted by Crippen LogP contribution is -2.44. The number of ether oxygens (including phenoxy) is 1. The molecular formula is C17H21NO4. The summed E-state index contributed by atoms with van der Waals surface area (Å²) >= 11 is 0. The molecule has 2 rings (SSSR count). The highest BCUT2D eigenvalue weighted by atomic mass is 16.5. The molecule has 1 aromatic carbocycles. The summed E-state index contributed by atoms with van der Waals surface area (Å²) in [5, 5.41) is 0. The lowest BCUT2D eigenvalue weighted by molar-refractivity contribution is -0.147. The lowest BCUT2D eigenvalue weighted by Gasteiger charge is -2.26. The number of hydrogen-bond acceptors (Lipinski definition) is 4. The third kappa shape index (κ3) is 2.89. The van der Waals surface area contributed by atoms with Crippen LogP contribution in [0, 0.1) is 19.8 Å². The quantitative estimate of drug-likeness (QED) is 0.800. The molecule has 5 nitrogen and oxygen atoms in total. The monoisotopic (exact) mass is 303 g/mol. The summed E-state index contributed by atoms with van der Waals surface area (Å²) in [7, 11) is 0. The number of benzene rings is 1. The van der Waals surface area contributed by atoms with Crippen molar-refractivity contribution in [2.45, 2.75) is 40.2 Å². The van der Waals surface area contributed by atoms with Gasteiger partial charge in [0.25, 0.3) is 0 Å². The molecule has 1 amide bonds. The Bertz CT molecular complexity index is 623. The molecule has 0 aliphatic carbocycles. The summed E-state index contributed by atoms with van der Waals surface area (Å²) in [5.41, 5.74) is 2.76. The SMILES string of the molecule is CCOC(=O)C1C(C(C)=O)CC(=O)N1c1ccc(C)c(C)c1. The number of hydrogen-bond donors (Lipinski definition) is 0. The third-order valence-corrected chi connectivity index (χ3v) is 4.14. The number of ketones is 1. The predicted octanol–water partition coefficient (Wildman–Crippen LogP) is 2.18. The molecule has 0 spiro atoms. The van der Waals surface area contributed by atoms with Crippen molar-refractivity contribution >= 4 is 23.3 Å². The molecule has 1 fully saturated rings. The summed E-state index contributed by atoms with van der Waals surface area (Å²) in [6.45, 7) is 7.26. The molecule has 22 heavy (non-hydrogen) atoms. The van der Waals surface area contributed by atoms with Gasteiger partial charge in [-0.25, -0.2) is 4.79 Å². The van der Waals surface area contributed by atoms with Gasteiger partial charge in [-0.2, -0.15) is 0 Å². The van der Waals surface area contributed by atoms with E-state index in [1.165, 1.54) is 11.8 Å². The Morgan fingerprint density at radius 2 is 1.95 bits per heavy atom. The molecule has 0 saturated carbocycles. The minimum atomic E-state index is -0.868. The van der Waals surface area contributed by atoms with Crippen molar-refractivity contribution in [1.29, 1.82) is 0 Å². The molecular weight excluding hydrogens is 282 g/mol. The van der Waals surface area contributed by atoms with Crippen molar-refractivity contribution in [1.82, 2.24) is 0 Å². The normalized spacial score (nSPS) is 21.1. The van der Waals surface area contributed by atoms with Gasteiger partial charge in [-0.3, -0.25) is 14.5 Å². The molecule has 0 bridgehead atoms. The lowest BCUT2D eigenvalue weighted by atomic mass is 9.96. The van der Waals surface area contributed by atoms with Crippen LogP contribution in [0.15, 0.2) is 18.2 Å². The number of esters is 1. The van der Waals surface area contributed by atoms with Crippen molar-refractivity contribution in [3.63, 3.8) is 0 Å². The maximum Gasteiger partial charge on any atom is 0.330 e. The first-order valence-electron chi connectivity index (χ1n) is 7.43. The van der Waals surface area contributed by atoms with Gasteiger partial charge < -0.3 is 4.74 Å². The van der Waals surface area contributed by atoms with Crippen LogP contribution in [-0.2, 0) is 19.1 Å². The van der Waals surface area contributed by atoms with Gasteiger partial charge in [0, 0.05) is 12.1 Å². The van der Waals surface area contributed by atoms with E-state index in [2.05, 4.69) is 0 Å². The zero-order valence-corrected chi connectivity index (χ0v) is 13.4. The Morgan fingerprint density at radius 3 is 2.50 bits per heavy atom. The standard InChI is InChI=1S/C17H21NO4/c1-5-22-17(21)16-14(12(4)19)9-15(20)18(16)13-7-6-10(2)11(3)8-13/h6-8,14,16H,5,9H2,1-4H3. The van der Waals surface area contributed by atoms with E-state index in [1.54, 1.807) is 13.0 Å². The van der Waals surface area contributed by atoms with Gasteiger partial charge in [-0.1, -0.05) is 6.07 Å². The third-order valence-electron chi connectivity index (χ3n) is 4.14. The number of rotatable bonds is 4. The van der Waals surface area contributed by atoms with Crippen LogP contribution in [0.5, 0.6) is 0 Å². The Morgan fingerprint density at radius 1 is 1.27 bits per heavy atom. The molecule has 0 radical (unpaired) electrons. The summed E-state index contributed by atoms with van der Waals surface area (Å²) < 4.78 is 5.08. The number of nitrogens with zero attached hydrogens (tertiary/aromatic N) is 1. The number of amides is 1. The smallest absolute Gasteiger partial charge is 0.330 e. The highest BCUT2D eigenvalue weighted by Gasteiger charge is 2.47. The number of anilines is 1. The fraction of sp³-hybridized carbons (Fsp3) is 0.471. The zero-order valence-electron chi connectivity index (χ0n) is 13.4. The molecule has 1 heterocycles. The Balaban J connectivity index is 2.45. The first kappa shape index (κ1) is 16.2. The van der Waals surface area contributed by atoms with Crippen LogP contribution in [0.4, 0.5) is 5.69 Å².